The quantitative estimate of drug-likeness (QED) is 0.0111. The van der Waals surface area contributed by atoms with Crippen molar-refractivity contribution in [3.8, 4) is 17.2 Å². The van der Waals surface area contributed by atoms with Crippen LogP contribution in [0, 0.1) is 11.3 Å². The van der Waals surface area contributed by atoms with Crippen LogP contribution in [0.4, 0.5) is 0 Å². The molecule has 0 unspecified atom stereocenters. The van der Waals surface area contributed by atoms with Gasteiger partial charge in [-0.1, -0.05) is 80.6 Å². The molecule has 143 heavy (non-hydrogen) atoms. The molecule has 16 atom stereocenters. The summed E-state index contributed by atoms with van der Waals surface area (Å²) in [4.78, 5) is 277. The van der Waals surface area contributed by atoms with E-state index in [1.165, 1.54) is 72.8 Å². The number of carboxylic acids is 1. The van der Waals surface area contributed by atoms with Crippen molar-refractivity contribution in [3.05, 3.63) is 125 Å². The molecule has 1 saturated heterocycles. The minimum atomic E-state index is -2.09. The number of nitrogens with zero attached hydrogens (tertiary/aromatic N) is 1. The molecule has 1 fully saturated rings. The van der Waals surface area contributed by atoms with E-state index in [1.807, 2.05) is 0 Å². The average molecular weight is 2010 g/mol. The van der Waals surface area contributed by atoms with Crippen molar-refractivity contribution in [1.82, 2.24) is 90.0 Å². The predicted octanol–water partition coefficient (Wildman–Crippen LogP) is -10.4. The summed E-state index contributed by atoms with van der Waals surface area (Å²) >= 11 is 0. The number of hydrogen-bond donors (Lipinski definition) is 31. The lowest BCUT2D eigenvalue weighted by Crippen LogP contribution is -2.62. The molecule has 19 amide bonds. The van der Waals surface area contributed by atoms with Crippen LogP contribution in [0.15, 0.2) is 103 Å². The number of carbonyl (C=O) groups excluding carboxylic acids is 19. The van der Waals surface area contributed by atoms with Crippen molar-refractivity contribution < 1.29 is 132 Å². The Kier molecular flexibility index (Phi) is 50.1. The summed E-state index contributed by atoms with van der Waals surface area (Å²) in [6.07, 6.45) is -5.19. The Bertz CT molecular complexity index is 5020. The van der Waals surface area contributed by atoms with Crippen LogP contribution >= 0.6 is 0 Å². The first-order valence-electron chi connectivity index (χ1n) is 46.1. The summed E-state index contributed by atoms with van der Waals surface area (Å²) in [7, 11) is 0. The number of aliphatic hydroxyl groups excluding tert-OH is 3. The van der Waals surface area contributed by atoms with Crippen LogP contribution in [0.5, 0.6) is 17.2 Å². The van der Waals surface area contributed by atoms with Crippen molar-refractivity contribution in [2.24, 2.45) is 46.1 Å². The maximum Gasteiger partial charge on any atom is 0.322 e. The van der Waals surface area contributed by atoms with Crippen LogP contribution in [0.3, 0.4) is 0 Å². The molecule has 1 aliphatic rings. The molecule has 0 saturated carbocycles. The number of primary amides is 3. The molecule has 0 aromatic heterocycles. The van der Waals surface area contributed by atoms with Gasteiger partial charge in [0.2, 0.25) is 112 Å². The number of nitrogens with two attached hydrogens (primary N) is 7. The second-order valence-electron chi connectivity index (χ2n) is 34.5. The summed E-state index contributed by atoms with van der Waals surface area (Å²) in [5.41, 5.74) is 40.3. The molecular weight excluding hydrogens is 1880 g/mol. The minimum Gasteiger partial charge on any atom is -0.508 e. The average Bonchev–Trinajstić information content (AvgIpc) is 1.69. The molecule has 1 heterocycles. The third-order valence-electron chi connectivity index (χ3n) is 22.3. The number of phenolic OH excluding ortho intramolecular Hbond substituents is 3. The van der Waals surface area contributed by atoms with Gasteiger partial charge in [-0.25, -0.2) is 0 Å². The summed E-state index contributed by atoms with van der Waals surface area (Å²) in [6.45, 7) is 0.295. The molecule has 1 aliphatic heterocycles. The van der Waals surface area contributed by atoms with Gasteiger partial charge in [-0.3, -0.25) is 101 Å². The van der Waals surface area contributed by atoms with Crippen molar-refractivity contribution in [2.75, 3.05) is 52.5 Å². The molecule has 52 heteroatoms. The van der Waals surface area contributed by atoms with E-state index in [4.69, 9.17) is 45.5 Å². The van der Waals surface area contributed by atoms with Crippen LogP contribution in [-0.4, -0.2) is 314 Å². The molecule has 0 aliphatic carbocycles. The molecule has 52 nitrogen and oxygen atoms in total. The Balaban J connectivity index is 1.37. The number of rotatable bonds is 63. The highest BCUT2D eigenvalue weighted by Gasteiger charge is 2.43. The zero-order valence-corrected chi connectivity index (χ0v) is 79.3. The number of aromatic hydroxyl groups is 3. The van der Waals surface area contributed by atoms with Gasteiger partial charge in [-0.05, 0) is 155 Å². The molecule has 4 aromatic carbocycles. The van der Waals surface area contributed by atoms with Gasteiger partial charge >= 0.3 is 5.97 Å². The van der Waals surface area contributed by atoms with E-state index in [9.17, 15) is 132 Å². The van der Waals surface area contributed by atoms with Crippen LogP contribution in [0.2, 0.25) is 0 Å². The van der Waals surface area contributed by atoms with Gasteiger partial charge in [0.1, 0.15) is 108 Å². The van der Waals surface area contributed by atoms with Crippen LogP contribution in [-0.2, 0) is 122 Å². The summed E-state index contributed by atoms with van der Waals surface area (Å²) in [5, 5.41) is 118. The highest BCUT2D eigenvalue weighted by atomic mass is 16.4. The van der Waals surface area contributed by atoms with E-state index >= 15 is 0 Å². The van der Waals surface area contributed by atoms with Gasteiger partial charge < -0.3 is 166 Å². The SMILES string of the molecule is CC(C)C[C@H](NC(=O)[C@H](CC(N)=O)NC(=O)[C@H](Cc1ccc(O)cc1)NC(=O)[C@H](CO)NC(=O)[C@@H](NC(=O)[C@H](CCCNC(=N)N)NC(=O)CNC(=O)[C@H](Cc1ccc(O)cc1)NC(=O)[C@H](Cc1ccc(O)cc1)NC(=O)[C@@H]1CCCN1C(=O)[C@H](CC(N)=O)NC(=O)[C@H](CO)NC(=O)[C@@H](N)CC(N)=O)[C@@H](C)O)C(=O)N[C@@H](CCCCN)C(=O)N[C@@H](Cc1ccccc1)C(=O)N[C@@H](CCCCN)C(=O)NCC(=O)O. The number of amides is 19. The second-order valence-corrected chi connectivity index (χ2v) is 34.5. The largest absolute Gasteiger partial charge is 0.508 e. The van der Waals surface area contributed by atoms with Gasteiger partial charge in [0, 0.05) is 38.8 Å². The number of aliphatic hydroxyl groups is 3. The number of phenols is 3. The highest BCUT2D eigenvalue weighted by Crippen LogP contribution is 2.23. The van der Waals surface area contributed by atoms with E-state index in [-0.39, 0.29) is 119 Å². The number of carboxylic acid groups (broad SMARTS) is 1. The standard InChI is InChI=1S/C91H133N25O27/c1-47(2)35-60(81(134)105-59(16-8-10-32-93)79(132)108-62(36-49-13-5-4-6-14-49)82(135)104-57(15-7-9-31-92)77(130)102-44-74(127)128)106-85(138)65(41-71(96)124)110-83(136)63(38-51-21-27-54(121)28-22-51)109-86(139)68(46-118)114-89(142)75(48(3)119)115-80(133)58(17-11-33-100-91(98)99)103-73(126)43-101-78(131)61(37-50-19-25-53(120)26-20-50)107-84(137)64(39-52-23-29-55(122)30-24-52)111-88(141)69-18-12-34-116(69)90(143)66(42-72(97)125)112-87(140)67(45-117)113-76(129)56(94)40-70(95)123/h4-6,13-14,19-30,47-48,56-69,75,117-122H,7-12,15-18,31-46,92-94H2,1-3H3,(H2,95,123)(H2,96,124)(H2,97,125)(H,101,131)(H,102,130)(H,103,126)(H,104,135)(H,105,134)(H,106,138)(H,107,137)(H,108,132)(H,109,139)(H,110,136)(H,111,141)(H,112,140)(H,113,129)(H,114,142)(H,115,133)(H,127,128)(H4,98,99,100)/t48-,56+,57+,58+,59+,60+,61+,62+,63+,64+,65+,66+,67+,68+,69+,75+/m1/s1. The number of aliphatic carboxylic acids is 1. The van der Waals surface area contributed by atoms with E-state index in [1.54, 1.807) is 44.2 Å². The topological polar surface area (TPSA) is 885 Å². The van der Waals surface area contributed by atoms with Gasteiger partial charge in [0.15, 0.2) is 5.96 Å². The van der Waals surface area contributed by atoms with Gasteiger partial charge in [0.25, 0.3) is 0 Å². The van der Waals surface area contributed by atoms with E-state index in [0.29, 0.717) is 30.4 Å². The zero-order valence-electron chi connectivity index (χ0n) is 79.3. The monoisotopic (exact) mass is 2010 g/mol. The molecular formula is C91H133N25O27. The maximum atomic E-state index is 14.8. The minimum absolute atomic E-state index is 0.0262. The Morgan fingerprint density at radius 2 is 0.748 bits per heavy atom. The second kappa shape index (κ2) is 60.6. The zero-order chi connectivity index (χ0) is 106. The van der Waals surface area contributed by atoms with Crippen molar-refractivity contribution in [2.45, 2.75) is 233 Å². The predicted molar refractivity (Wildman–Crippen MR) is 509 cm³/mol. The van der Waals surface area contributed by atoms with Crippen LogP contribution in [0.1, 0.15) is 133 Å². The van der Waals surface area contributed by atoms with Crippen molar-refractivity contribution in [1.29, 1.82) is 5.41 Å². The first-order chi connectivity index (χ1) is 67.7. The Morgan fingerprint density at radius 3 is 1.20 bits per heavy atom. The summed E-state index contributed by atoms with van der Waals surface area (Å²) in [6, 6.07) is -1.54. The normalized spacial score (nSPS) is 15.3. The third-order valence-corrected chi connectivity index (χ3v) is 22.3. The maximum absolute atomic E-state index is 14.8. The number of nitrogens with one attached hydrogen (secondary N) is 17. The van der Waals surface area contributed by atoms with Gasteiger partial charge in [0.05, 0.1) is 51.2 Å². The number of hydrogen-bond acceptors (Lipinski definition) is 30. The van der Waals surface area contributed by atoms with E-state index in [0.717, 1.165) is 11.8 Å². The molecule has 0 spiro atoms. The highest BCUT2D eigenvalue weighted by molar-refractivity contribution is 6.03. The lowest BCUT2D eigenvalue weighted by Gasteiger charge is -2.30. The van der Waals surface area contributed by atoms with E-state index < -0.39 is 285 Å². The van der Waals surface area contributed by atoms with Crippen LogP contribution < -0.4 is 125 Å². The summed E-state index contributed by atoms with van der Waals surface area (Å²) < 4.78 is 0. The number of carbonyl (C=O) groups is 20. The van der Waals surface area contributed by atoms with Crippen molar-refractivity contribution >= 4 is 124 Å². The molecule has 4 aromatic rings. The Morgan fingerprint density at radius 1 is 0.392 bits per heavy atom. The molecule has 784 valence electrons. The summed E-state index contributed by atoms with van der Waals surface area (Å²) in [5.74, 6) is -24.0. The Labute approximate surface area is 821 Å². The number of unbranched alkanes of at least 4 members (excludes halogenated alkanes) is 2. The number of likely N-dealkylation sites (tertiary alicyclic amines) is 1. The first kappa shape index (κ1) is 118. The molecule has 38 N–H and O–H groups in total. The van der Waals surface area contributed by atoms with Gasteiger partial charge in [-0.2, -0.15) is 0 Å². The third kappa shape index (κ3) is 42.4. The lowest BCUT2D eigenvalue weighted by atomic mass is 10.00. The fraction of sp³-hybridized carbons (Fsp3) is 0.505. The van der Waals surface area contributed by atoms with Crippen LogP contribution in [0.25, 0.3) is 0 Å². The molecule has 0 radical (unpaired) electrons. The fourth-order valence-corrected chi connectivity index (χ4v) is 14.8. The molecule has 5 rings (SSSR count). The van der Waals surface area contributed by atoms with E-state index in [2.05, 4.69) is 85.1 Å². The van der Waals surface area contributed by atoms with Gasteiger partial charge in [-0.15, -0.1) is 0 Å². The fourth-order valence-electron chi connectivity index (χ4n) is 14.8. The number of benzene rings is 4. The molecule has 0 bridgehead atoms. The Hall–Kier alpha value is -15.3. The lowest BCUT2D eigenvalue weighted by molar-refractivity contribution is -0.143. The first-order valence-corrected chi connectivity index (χ1v) is 46.1. The van der Waals surface area contributed by atoms with Crippen molar-refractivity contribution in [3.63, 3.8) is 0 Å². The number of guanidine groups is 1. The smallest absolute Gasteiger partial charge is 0.322 e.